The predicted octanol–water partition coefficient (Wildman–Crippen LogP) is 1.11. The van der Waals surface area contributed by atoms with Gasteiger partial charge in [0.15, 0.2) is 11.5 Å². The molecule has 0 aliphatic rings. The van der Waals surface area contributed by atoms with Gasteiger partial charge in [0.25, 0.3) is 5.91 Å². The van der Waals surface area contributed by atoms with Crippen molar-refractivity contribution in [2.45, 2.75) is 19.6 Å². The van der Waals surface area contributed by atoms with Crippen LogP contribution in [0, 0.1) is 0 Å². The fourth-order valence-electron chi connectivity index (χ4n) is 1.78. The summed E-state index contributed by atoms with van der Waals surface area (Å²) in [5, 5.41) is 18.4. The highest BCUT2D eigenvalue weighted by Crippen LogP contribution is 2.26. The molecule has 118 valence electrons. The molecule has 0 bridgehead atoms. The van der Waals surface area contributed by atoms with Gasteiger partial charge < -0.3 is 19.9 Å². The number of hydrogen-bond donors (Lipinski definition) is 3. The maximum atomic E-state index is 11.8. The van der Waals surface area contributed by atoms with Crippen LogP contribution in [0.3, 0.4) is 0 Å². The number of nitrogens with zero attached hydrogens (tertiary/aromatic N) is 1. The molecule has 1 unspecified atom stereocenters. The minimum atomic E-state index is -0.601. The molecule has 1 amide bonds. The van der Waals surface area contributed by atoms with Gasteiger partial charge >= 0.3 is 0 Å². The molecule has 1 atom stereocenters. The normalized spacial score (nSPS) is 11.8. The van der Waals surface area contributed by atoms with E-state index in [4.69, 9.17) is 14.6 Å². The first-order valence-corrected chi connectivity index (χ1v) is 6.86. The number of aromatic nitrogens is 2. The first kappa shape index (κ1) is 15.8. The van der Waals surface area contributed by atoms with E-state index in [0.717, 1.165) is 0 Å². The van der Waals surface area contributed by atoms with Gasteiger partial charge in [-0.3, -0.25) is 9.89 Å². The number of aliphatic hydroxyl groups is 1. The lowest BCUT2D eigenvalue weighted by Gasteiger charge is -2.08. The van der Waals surface area contributed by atoms with Crippen LogP contribution in [0.15, 0.2) is 30.3 Å². The Hall–Kier alpha value is -2.54. The molecular weight excluding hydrogens is 286 g/mol. The van der Waals surface area contributed by atoms with Crippen molar-refractivity contribution < 1.29 is 19.4 Å². The molecule has 0 aliphatic carbocycles. The zero-order valence-electron chi connectivity index (χ0n) is 12.5. The van der Waals surface area contributed by atoms with Crippen LogP contribution >= 0.6 is 0 Å². The van der Waals surface area contributed by atoms with Gasteiger partial charge in [0.2, 0.25) is 0 Å². The Morgan fingerprint density at radius 2 is 2.14 bits per heavy atom. The minimum Gasteiger partial charge on any atom is -0.493 e. The van der Waals surface area contributed by atoms with Crippen molar-refractivity contribution in [3.8, 4) is 11.5 Å². The zero-order chi connectivity index (χ0) is 15.9. The molecular formula is C15H19N3O4. The Labute approximate surface area is 128 Å². The molecule has 2 rings (SSSR count). The van der Waals surface area contributed by atoms with Gasteiger partial charge in [-0.2, -0.15) is 5.10 Å². The van der Waals surface area contributed by atoms with E-state index in [1.165, 1.54) is 0 Å². The van der Waals surface area contributed by atoms with E-state index in [9.17, 15) is 4.79 Å². The molecule has 7 heteroatoms. The molecule has 22 heavy (non-hydrogen) atoms. The van der Waals surface area contributed by atoms with Crippen molar-refractivity contribution in [1.29, 1.82) is 0 Å². The Morgan fingerprint density at radius 3 is 2.82 bits per heavy atom. The van der Waals surface area contributed by atoms with Crippen molar-refractivity contribution in [2.24, 2.45) is 0 Å². The number of H-pyrrole nitrogens is 1. The fraction of sp³-hybridized carbons (Fsp3) is 0.333. The average molecular weight is 305 g/mol. The number of nitrogens with one attached hydrogen (secondary N) is 2. The number of carbonyl (C=O) groups excluding carboxylic acids is 1. The van der Waals surface area contributed by atoms with E-state index in [0.29, 0.717) is 17.2 Å². The van der Waals surface area contributed by atoms with Crippen molar-refractivity contribution in [3.63, 3.8) is 0 Å². The number of benzene rings is 1. The maximum Gasteiger partial charge on any atom is 0.271 e. The summed E-state index contributed by atoms with van der Waals surface area (Å²) in [5.41, 5.74) is 0.910. The largest absolute Gasteiger partial charge is 0.493 e. The second-order valence-corrected chi connectivity index (χ2v) is 4.78. The summed E-state index contributed by atoms with van der Waals surface area (Å²) < 4.78 is 10.8. The van der Waals surface area contributed by atoms with Gasteiger partial charge in [-0.1, -0.05) is 12.1 Å². The van der Waals surface area contributed by atoms with Gasteiger partial charge in [-0.15, -0.1) is 0 Å². The van der Waals surface area contributed by atoms with Crippen LogP contribution in [0.5, 0.6) is 11.5 Å². The molecule has 3 N–H and O–H groups in total. The Bertz CT molecular complexity index is 625. The van der Waals surface area contributed by atoms with Crippen LogP contribution in [0.2, 0.25) is 0 Å². The van der Waals surface area contributed by atoms with E-state index in [2.05, 4.69) is 15.5 Å². The number of aliphatic hydroxyl groups excluding tert-OH is 1. The number of methoxy groups -OCH3 is 1. The molecule has 0 spiro atoms. The number of aromatic amines is 1. The van der Waals surface area contributed by atoms with Crippen LogP contribution in [0.4, 0.5) is 0 Å². The number of rotatable bonds is 7. The third kappa shape index (κ3) is 4.23. The lowest BCUT2D eigenvalue weighted by molar-refractivity contribution is 0.0919. The third-order valence-electron chi connectivity index (χ3n) is 2.87. The van der Waals surface area contributed by atoms with Gasteiger partial charge in [0.05, 0.1) is 18.9 Å². The maximum absolute atomic E-state index is 11.8. The number of hydrogen-bond acceptors (Lipinski definition) is 5. The van der Waals surface area contributed by atoms with Gasteiger partial charge in [-0.05, 0) is 25.1 Å². The van der Waals surface area contributed by atoms with Gasteiger partial charge in [0, 0.05) is 6.54 Å². The third-order valence-corrected chi connectivity index (χ3v) is 2.87. The van der Waals surface area contributed by atoms with Crippen molar-refractivity contribution in [2.75, 3.05) is 13.7 Å². The van der Waals surface area contributed by atoms with Crippen molar-refractivity contribution >= 4 is 5.91 Å². The molecule has 0 radical (unpaired) electrons. The zero-order valence-corrected chi connectivity index (χ0v) is 12.5. The molecule has 0 saturated carbocycles. The molecule has 0 saturated heterocycles. The van der Waals surface area contributed by atoms with E-state index >= 15 is 0 Å². The fourth-order valence-corrected chi connectivity index (χ4v) is 1.78. The first-order chi connectivity index (χ1) is 10.6. The topological polar surface area (TPSA) is 96.5 Å². The van der Waals surface area contributed by atoms with Crippen molar-refractivity contribution in [3.05, 3.63) is 41.7 Å². The van der Waals surface area contributed by atoms with Gasteiger partial charge in [0.1, 0.15) is 12.3 Å². The molecule has 0 aliphatic heterocycles. The van der Waals surface area contributed by atoms with E-state index in [1.807, 2.05) is 12.1 Å². The molecule has 1 aromatic heterocycles. The van der Waals surface area contributed by atoms with E-state index in [1.54, 1.807) is 32.2 Å². The van der Waals surface area contributed by atoms with E-state index < -0.39 is 6.10 Å². The smallest absolute Gasteiger partial charge is 0.271 e. The van der Waals surface area contributed by atoms with Crippen LogP contribution in [-0.2, 0) is 6.61 Å². The second-order valence-electron chi connectivity index (χ2n) is 4.78. The Balaban J connectivity index is 1.93. The Kier molecular flexibility index (Phi) is 5.37. The summed E-state index contributed by atoms with van der Waals surface area (Å²) in [5.74, 6) is 0.900. The van der Waals surface area contributed by atoms with Crippen molar-refractivity contribution in [1.82, 2.24) is 15.5 Å². The van der Waals surface area contributed by atoms with Gasteiger partial charge in [-0.25, -0.2) is 0 Å². The molecule has 2 aromatic rings. The number of ether oxygens (including phenoxy) is 2. The summed E-state index contributed by atoms with van der Waals surface area (Å²) in [6.07, 6.45) is -0.601. The lowest BCUT2D eigenvalue weighted by atomic mass is 10.3. The SMILES string of the molecule is COc1ccccc1OCc1cc(C(=O)NCC(C)O)n[nH]1. The number of amides is 1. The van der Waals surface area contributed by atoms with Crippen LogP contribution in [-0.4, -0.2) is 41.0 Å². The predicted molar refractivity (Wildman–Crippen MR) is 79.9 cm³/mol. The van der Waals surface area contributed by atoms with Crippen LogP contribution < -0.4 is 14.8 Å². The highest BCUT2D eigenvalue weighted by Gasteiger charge is 2.11. The monoisotopic (exact) mass is 305 g/mol. The molecule has 7 nitrogen and oxygen atoms in total. The minimum absolute atomic E-state index is 0.179. The van der Waals surface area contributed by atoms with Crippen LogP contribution in [0.1, 0.15) is 23.1 Å². The highest BCUT2D eigenvalue weighted by molar-refractivity contribution is 5.92. The first-order valence-electron chi connectivity index (χ1n) is 6.86. The summed E-state index contributed by atoms with van der Waals surface area (Å²) in [7, 11) is 1.57. The number of carbonyl (C=O) groups is 1. The summed E-state index contributed by atoms with van der Waals surface area (Å²) in [4.78, 5) is 11.8. The molecule has 1 aromatic carbocycles. The highest BCUT2D eigenvalue weighted by atomic mass is 16.5. The summed E-state index contributed by atoms with van der Waals surface area (Å²) in [6.45, 7) is 2.01. The standard InChI is InChI=1S/C15H19N3O4/c1-10(19)8-16-15(20)12-7-11(17-18-12)9-22-14-6-4-3-5-13(14)21-2/h3-7,10,19H,8-9H2,1-2H3,(H,16,20)(H,17,18). The number of para-hydroxylation sites is 2. The summed E-state index contributed by atoms with van der Waals surface area (Å²) in [6, 6.07) is 8.90. The lowest BCUT2D eigenvalue weighted by Crippen LogP contribution is -2.30. The second kappa shape index (κ2) is 7.46. The Morgan fingerprint density at radius 1 is 1.41 bits per heavy atom. The quantitative estimate of drug-likeness (QED) is 0.712. The average Bonchev–Trinajstić information content (AvgIpc) is 2.99. The molecule has 1 heterocycles. The summed E-state index contributed by atoms with van der Waals surface area (Å²) >= 11 is 0. The van der Waals surface area contributed by atoms with Crippen LogP contribution in [0.25, 0.3) is 0 Å². The van der Waals surface area contributed by atoms with E-state index in [-0.39, 0.29) is 24.8 Å². The molecule has 0 fully saturated rings.